The lowest BCUT2D eigenvalue weighted by atomic mass is 9.89. The third-order valence-electron chi connectivity index (χ3n) is 5.89. The average Bonchev–Trinajstić information content (AvgIpc) is 3.00. The summed E-state index contributed by atoms with van der Waals surface area (Å²) in [6.45, 7) is 3.11. The molecule has 0 spiro atoms. The lowest BCUT2D eigenvalue weighted by molar-refractivity contribution is -0.139. The summed E-state index contributed by atoms with van der Waals surface area (Å²) in [4.78, 5) is 53.0. The lowest BCUT2D eigenvalue weighted by Crippen LogP contribution is -2.44. The number of carboxylic acids is 1. The molecular formula is C24H27N5O5. The van der Waals surface area contributed by atoms with Gasteiger partial charge in [0, 0.05) is 6.54 Å². The minimum Gasteiger partial charge on any atom is -0.481 e. The first-order chi connectivity index (χ1) is 16.2. The van der Waals surface area contributed by atoms with Crippen molar-refractivity contribution in [1.82, 2.24) is 15.1 Å². The summed E-state index contributed by atoms with van der Waals surface area (Å²) in [6, 6.07) is 14.2. The number of carboxylic acid groups (broad SMARTS) is 1. The minimum absolute atomic E-state index is 0.247. The van der Waals surface area contributed by atoms with E-state index in [1.807, 2.05) is 0 Å². The zero-order valence-electron chi connectivity index (χ0n) is 19.0. The van der Waals surface area contributed by atoms with E-state index in [0.717, 1.165) is 10.5 Å². The number of benzene rings is 2. The standard InChI is InChI=1S/C24H27N5O5/c1-3-29-23(34)28(22(33)24(29,2)18-11-9-16(10-12-18)14-26-25)15-20(30)27-19(13-21(31)32)17-7-5-4-6-8-17/h4-12,14,19H,3,13,15,25H2,1-2H3,(H,27,30)(H,31,32). The van der Waals surface area contributed by atoms with Gasteiger partial charge in [-0.15, -0.1) is 0 Å². The molecule has 0 aliphatic carbocycles. The molecule has 0 radical (unpaired) electrons. The number of carbonyl (C=O) groups is 4. The van der Waals surface area contributed by atoms with E-state index in [9.17, 15) is 24.3 Å². The van der Waals surface area contributed by atoms with Crippen LogP contribution in [-0.2, 0) is 19.9 Å². The maximum atomic E-state index is 13.4. The van der Waals surface area contributed by atoms with E-state index in [0.29, 0.717) is 11.1 Å². The van der Waals surface area contributed by atoms with Gasteiger partial charge >= 0.3 is 12.0 Å². The zero-order valence-corrected chi connectivity index (χ0v) is 19.0. The molecule has 4 N–H and O–H groups in total. The van der Waals surface area contributed by atoms with Crippen LogP contribution in [0.2, 0.25) is 0 Å². The molecule has 1 fully saturated rings. The molecule has 2 aromatic carbocycles. The first-order valence-electron chi connectivity index (χ1n) is 10.8. The van der Waals surface area contributed by atoms with E-state index in [-0.39, 0.29) is 13.0 Å². The number of likely N-dealkylation sites (N-methyl/N-ethyl adjacent to an activating group) is 1. The van der Waals surface area contributed by atoms with Gasteiger partial charge in [0.05, 0.1) is 18.7 Å². The fourth-order valence-corrected chi connectivity index (χ4v) is 4.15. The van der Waals surface area contributed by atoms with E-state index < -0.39 is 41.9 Å². The van der Waals surface area contributed by atoms with Crippen LogP contribution in [0.1, 0.15) is 43.0 Å². The second kappa shape index (κ2) is 10.2. The summed E-state index contributed by atoms with van der Waals surface area (Å²) in [6.07, 6.45) is 1.12. The molecule has 0 aromatic heterocycles. The molecule has 0 saturated carbocycles. The molecule has 3 rings (SSSR count). The molecule has 4 amide bonds. The summed E-state index contributed by atoms with van der Waals surface area (Å²) in [7, 11) is 0. The second-order valence-electron chi connectivity index (χ2n) is 8.02. The van der Waals surface area contributed by atoms with Gasteiger partial charge < -0.3 is 21.2 Å². The molecule has 2 aromatic rings. The highest BCUT2D eigenvalue weighted by Crippen LogP contribution is 2.37. The first kappa shape index (κ1) is 24.4. The Bertz CT molecular complexity index is 1100. The van der Waals surface area contributed by atoms with Crippen LogP contribution < -0.4 is 11.2 Å². The number of rotatable bonds is 9. The highest BCUT2D eigenvalue weighted by Gasteiger charge is 2.55. The number of carbonyl (C=O) groups excluding carboxylic acids is 3. The van der Waals surface area contributed by atoms with Gasteiger partial charge in [0.1, 0.15) is 12.1 Å². The Labute approximate surface area is 197 Å². The molecule has 34 heavy (non-hydrogen) atoms. The molecule has 1 heterocycles. The van der Waals surface area contributed by atoms with Crippen LogP contribution in [0.25, 0.3) is 0 Å². The van der Waals surface area contributed by atoms with Crippen molar-refractivity contribution in [2.24, 2.45) is 10.9 Å². The highest BCUT2D eigenvalue weighted by atomic mass is 16.4. The van der Waals surface area contributed by atoms with Gasteiger partial charge in [-0.25, -0.2) is 4.79 Å². The van der Waals surface area contributed by atoms with E-state index in [1.165, 1.54) is 11.1 Å². The quantitative estimate of drug-likeness (QED) is 0.223. The third-order valence-corrected chi connectivity index (χ3v) is 5.89. The van der Waals surface area contributed by atoms with Crippen LogP contribution in [0.3, 0.4) is 0 Å². The summed E-state index contributed by atoms with van der Waals surface area (Å²) in [5.74, 6) is 2.92. The minimum atomic E-state index is -1.30. The van der Waals surface area contributed by atoms with Gasteiger partial charge in [-0.2, -0.15) is 5.10 Å². The SMILES string of the molecule is CCN1C(=O)N(CC(=O)NC(CC(=O)O)c2ccccc2)C(=O)C1(C)c1ccc(C=NN)cc1. The Hall–Kier alpha value is -4.21. The lowest BCUT2D eigenvalue weighted by Gasteiger charge is -2.31. The van der Waals surface area contributed by atoms with Gasteiger partial charge in [-0.3, -0.25) is 19.3 Å². The molecule has 1 aliphatic heterocycles. The topological polar surface area (TPSA) is 145 Å². The van der Waals surface area contributed by atoms with Crippen LogP contribution >= 0.6 is 0 Å². The van der Waals surface area contributed by atoms with Crippen LogP contribution in [0.5, 0.6) is 0 Å². The molecular weight excluding hydrogens is 438 g/mol. The molecule has 1 aliphatic rings. The van der Waals surface area contributed by atoms with Crippen molar-refractivity contribution in [3.63, 3.8) is 0 Å². The average molecular weight is 466 g/mol. The summed E-state index contributed by atoms with van der Waals surface area (Å²) < 4.78 is 0. The predicted octanol–water partition coefficient (Wildman–Crippen LogP) is 1.81. The normalized spacial score (nSPS) is 19.0. The van der Waals surface area contributed by atoms with Crippen LogP contribution in [0, 0.1) is 0 Å². The first-order valence-corrected chi connectivity index (χ1v) is 10.8. The number of hydrazone groups is 1. The Morgan fingerprint density at radius 1 is 1.15 bits per heavy atom. The number of imide groups is 1. The smallest absolute Gasteiger partial charge is 0.328 e. The van der Waals surface area contributed by atoms with E-state index in [4.69, 9.17) is 5.84 Å². The van der Waals surface area contributed by atoms with Crippen LogP contribution in [0.15, 0.2) is 59.7 Å². The van der Waals surface area contributed by atoms with Crippen LogP contribution in [-0.4, -0.2) is 58.0 Å². The fourth-order valence-electron chi connectivity index (χ4n) is 4.15. The van der Waals surface area contributed by atoms with Gasteiger partial charge in [0.15, 0.2) is 0 Å². The Morgan fingerprint density at radius 3 is 2.35 bits per heavy atom. The number of aliphatic carboxylic acids is 1. The van der Waals surface area contributed by atoms with Crippen molar-refractivity contribution in [3.05, 3.63) is 71.3 Å². The maximum Gasteiger partial charge on any atom is 0.328 e. The molecule has 2 atom stereocenters. The second-order valence-corrected chi connectivity index (χ2v) is 8.02. The predicted molar refractivity (Wildman–Crippen MR) is 125 cm³/mol. The number of hydrogen-bond donors (Lipinski definition) is 3. The van der Waals surface area contributed by atoms with Crippen LogP contribution in [0.4, 0.5) is 4.79 Å². The maximum absolute atomic E-state index is 13.4. The van der Waals surface area contributed by atoms with Crippen molar-refractivity contribution >= 4 is 30.0 Å². The molecule has 1 saturated heterocycles. The fraction of sp³-hybridized carbons (Fsp3) is 0.292. The van der Waals surface area contributed by atoms with Crippen molar-refractivity contribution in [2.75, 3.05) is 13.1 Å². The Kier molecular flexibility index (Phi) is 7.30. The number of nitrogens with one attached hydrogen (secondary N) is 1. The number of nitrogens with two attached hydrogens (primary N) is 1. The van der Waals surface area contributed by atoms with E-state index in [2.05, 4.69) is 10.4 Å². The van der Waals surface area contributed by atoms with Gasteiger partial charge in [0.2, 0.25) is 5.91 Å². The summed E-state index contributed by atoms with van der Waals surface area (Å²) in [5, 5.41) is 15.4. The summed E-state index contributed by atoms with van der Waals surface area (Å²) >= 11 is 0. The van der Waals surface area contributed by atoms with Crippen molar-refractivity contribution in [1.29, 1.82) is 0 Å². The van der Waals surface area contributed by atoms with Crippen molar-refractivity contribution in [3.8, 4) is 0 Å². The monoisotopic (exact) mass is 465 g/mol. The number of nitrogens with zero attached hydrogens (tertiary/aromatic N) is 3. The van der Waals surface area contributed by atoms with Gasteiger partial charge in [-0.1, -0.05) is 54.6 Å². The Morgan fingerprint density at radius 2 is 1.79 bits per heavy atom. The number of amides is 4. The molecule has 178 valence electrons. The van der Waals surface area contributed by atoms with E-state index in [1.54, 1.807) is 68.4 Å². The number of urea groups is 1. The van der Waals surface area contributed by atoms with Crippen molar-refractivity contribution < 1.29 is 24.3 Å². The van der Waals surface area contributed by atoms with Gasteiger partial charge in [0.25, 0.3) is 5.91 Å². The highest BCUT2D eigenvalue weighted by molar-refractivity contribution is 6.09. The molecule has 10 heteroatoms. The number of hydrogen-bond acceptors (Lipinski definition) is 6. The van der Waals surface area contributed by atoms with Gasteiger partial charge in [-0.05, 0) is 30.5 Å². The van der Waals surface area contributed by atoms with E-state index >= 15 is 0 Å². The summed E-state index contributed by atoms with van der Waals surface area (Å²) in [5.41, 5.74) is 0.622. The molecule has 2 unspecified atom stereocenters. The Balaban J connectivity index is 1.82. The third kappa shape index (κ3) is 4.75. The largest absolute Gasteiger partial charge is 0.481 e. The zero-order chi connectivity index (χ0) is 24.9. The van der Waals surface area contributed by atoms with Crippen molar-refractivity contribution in [2.45, 2.75) is 31.8 Å². The molecule has 10 nitrogen and oxygen atoms in total. The molecule has 0 bridgehead atoms.